The summed E-state index contributed by atoms with van der Waals surface area (Å²) in [6.07, 6.45) is 0. The molecule has 2 N–H and O–H groups in total. The van der Waals surface area contributed by atoms with E-state index >= 15 is 0 Å². The molecule has 0 spiro atoms. The number of hydrogen-bond donors (Lipinski definition) is 2. The number of carbonyl (C=O) groups is 2. The Morgan fingerprint density at radius 2 is 1.45 bits per heavy atom. The first-order valence-electron chi connectivity index (χ1n) is 8.57. The molecule has 29 heavy (non-hydrogen) atoms. The molecular formula is C21H16F3N3O2. The molecule has 0 bridgehead atoms. The van der Waals surface area contributed by atoms with Gasteiger partial charge in [0.15, 0.2) is 17.5 Å². The lowest BCUT2D eigenvalue weighted by molar-refractivity contribution is 0.101. The summed E-state index contributed by atoms with van der Waals surface area (Å²) < 4.78 is 40.0. The van der Waals surface area contributed by atoms with Crippen LogP contribution in [0.4, 0.5) is 24.5 Å². The van der Waals surface area contributed by atoms with E-state index in [4.69, 9.17) is 0 Å². The molecule has 0 unspecified atom stereocenters. The van der Waals surface area contributed by atoms with Gasteiger partial charge in [-0.05, 0) is 61.4 Å². The van der Waals surface area contributed by atoms with Gasteiger partial charge in [-0.1, -0.05) is 12.1 Å². The molecule has 0 aliphatic carbocycles. The zero-order valence-corrected chi connectivity index (χ0v) is 15.5. The maximum atomic E-state index is 13.7. The average Bonchev–Trinajstić information content (AvgIpc) is 2.71. The van der Waals surface area contributed by atoms with E-state index in [1.807, 2.05) is 19.9 Å². The molecule has 1 aromatic heterocycles. The molecule has 0 aliphatic rings. The molecule has 1 heterocycles. The first-order valence-corrected chi connectivity index (χ1v) is 8.57. The summed E-state index contributed by atoms with van der Waals surface area (Å²) in [6, 6.07) is 11.1. The fourth-order valence-electron chi connectivity index (χ4n) is 2.51. The molecule has 3 aromatic rings. The van der Waals surface area contributed by atoms with Crippen molar-refractivity contribution in [3.8, 4) is 0 Å². The van der Waals surface area contributed by atoms with Gasteiger partial charge in [-0.3, -0.25) is 9.59 Å². The summed E-state index contributed by atoms with van der Waals surface area (Å²) in [5.74, 6) is -6.01. The molecule has 3 rings (SSSR count). The number of anilines is 2. The summed E-state index contributed by atoms with van der Waals surface area (Å²) in [6.45, 7) is 3.85. The van der Waals surface area contributed by atoms with Crippen molar-refractivity contribution in [1.29, 1.82) is 0 Å². The van der Waals surface area contributed by atoms with Crippen LogP contribution in [0.2, 0.25) is 0 Å². The Morgan fingerprint density at radius 3 is 2.10 bits per heavy atom. The smallest absolute Gasteiger partial charge is 0.274 e. The topological polar surface area (TPSA) is 71.1 Å². The van der Waals surface area contributed by atoms with Crippen molar-refractivity contribution in [3.63, 3.8) is 0 Å². The first kappa shape index (κ1) is 20.1. The standard InChI is InChI=1S/C21H16F3N3O2/c1-11-6-7-13(10-12(11)2)25-20(28)16-4-3-5-17(26-16)21(29)27-15-9-8-14(22)18(23)19(15)24/h3-10H,1-2H3,(H,25,28)(H,27,29). The highest BCUT2D eigenvalue weighted by atomic mass is 19.2. The highest BCUT2D eigenvalue weighted by Crippen LogP contribution is 2.20. The second-order valence-corrected chi connectivity index (χ2v) is 6.34. The maximum Gasteiger partial charge on any atom is 0.274 e. The molecule has 148 valence electrons. The van der Waals surface area contributed by atoms with Crippen molar-refractivity contribution in [2.24, 2.45) is 0 Å². The average molecular weight is 399 g/mol. The first-order chi connectivity index (χ1) is 13.8. The van der Waals surface area contributed by atoms with Crippen molar-refractivity contribution in [2.75, 3.05) is 10.6 Å². The van der Waals surface area contributed by atoms with E-state index in [1.165, 1.54) is 18.2 Å². The van der Waals surface area contributed by atoms with Gasteiger partial charge in [0, 0.05) is 5.69 Å². The maximum absolute atomic E-state index is 13.7. The van der Waals surface area contributed by atoms with Crippen LogP contribution in [-0.4, -0.2) is 16.8 Å². The van der Waals surface area contributed by atoms with E-state index in [-0.39, 0.29) is 11.4 Å². The molecule has 0 saturated heterocycles. The predicted octanol–water partition coefficient (Wildman–Crippen LogP) is 4.62. The number of nitrogens with zero attached hydrogens (tertiary/aromatic N) is 1. The number of nitrogens with one attached hydrogen (secondary N) is 2. The quantitative estimate of drug-likeness (QED) is 0.629. The van der Waals surface area contributed by atoms with Crippen molar-refractivity contribution < 1.29 is 22.8 Å². The van der Waals surface area contributed by atoms with Gasteiger partial charge in [-0.2, -0.15) is 0 Å². The van der Waals surface area contributed by atoms with Crippen LogP contribution in [-0.2, 0) is 0 Å². The van der Waals surface area contributed by atoms with E-state index in [0.29, 0.717) is 11.8 Å². The largest absolute Gasteiger partial charge is 0.321 e. The lowest BCUT2D eigenvalue weighted by Crippen LogP contribution is -2.19. The lowest BCUT2D eigenvalue weighted by atomic mass is 10.1. The highest BCUT2D eigenvalue weighted by Gasteiger charge is 2.18. The zero-order chi connectivity index (χ0) is 21.1. The van der Waals surface area contributed by atoms with Crippen LogP contribution < -0.4 is 10.6 Å². The second kappa shape index (κ2) is 8.14. The summed E-state index contributed by atoms with van der Waals surface area (Å²) >= 11 is 0. The Morgan fingerprint density at radius 1 is 0.793 bits per heavy atom. The summed E-state index contributed by atoms with van der Waals surface area (Å²) in [5, 5.41) is 4.79. The Hall–Kier alpha value is -3.68. The van der Waals surface area contributed by atoms with E-state index < -0.39 is 35.0 Å². The minimum Gasteiger partial charge on any atom is -0.321 e. The van der Waals surface area contributed by atoms with Gasteiger partial charge < -0.3 is 10.6 Å². The Balaban J connectivity index is 1.78. The van der Waals surface area contributed by atoms with E-state index in [1.54, 1.807) is 12.1 Å². The van der Waals surface area contributed by atoms with Crippen LogP contribution in [0, 0.1) is 31.3 Å². The number of pyridine rings is 1. The predicted molar refractivity (Wildman–Crippen MR) is 102 cm³/mol. The molecule has 0 saturated carbocycles. The van der Waals surface area contributed by atoms with Gasteiger partial charge in [0.25, 0.3) is 11.8 Å². The third kappa shape index (κ3) is 4.43. The Labute approximate surface area is 164 Å². The fourth-order valence-corrected chi connectivity index (χ4v) is 2.51. The molecule has 0 aliphatic heterocycles. The van der Waals surface area contributed by atoms with Crippen molar-refractivity contribution >= 4 is 23.2 Å². The van der Waals surface area contributed by atoms with Crippen LogP contribution in [0.15, 0.2) is 48.5 Å². The Bertz CT molecular complexity index is 1120. The SMILES string of the molecule is Cc1ccc(NC(=O)c2cccc(C(=O)Nc3ccc(F)c(F)c3F)n2)cc1C. The number of amides is 2. The highest BCUT2D eigenvalue weighted by molar-refractivity contribution is 6.06. The van der Waals surface area contributed by atoms with Crippen LogP contribution in [0.1, 0.15) is 32.1 Å². The number of aromatic nitrogens is 1. The normalized spacial score (nSPS) is 10.5. The molecule has 0 fully saturated rings. The van der Waals surface area contributed by atoms with Gasteiger partial charge in [-0.25, -0.2) is 18.2 Å². The number of hydrogen-bond acceptors (Lipinski definition) is 3. The van der Waals surface area contributed by atoms with E-state index in [0.717, 1.165) is 17.2 Å². The third-order valence-corrected chi connectivity index (χ3v) is 4.26. The Kier molecular flexibility index (Phi) is 5.63. The molecule has 0 atom stereocenters. The van der Waals surface area contributed by atoms with Crippen LogP contribution >= 0.6 is 0 Å². The summed E-state index contributed by atoms with van der Waals surface area (Å²) in [5.41, 5.74) is 1.87. The van der Waals surface area contributed by atoms with Gasteiger partial charge in [0.1, 0.15) is 11.4 Å². The molecule has 5 nitrogen and oxygen atoms in total. The third-order valence-electron chi connectivity index (χ3n) is 4.26. The molecule has 8 heteroatoms. The number of aryl methyl sites for hydroxylation is 2. The van der Waals surface area contributed by atoms with Crippen LogP contribution in [0.25, 0.3) is 0 Å². The lowest BCUT2D eigenvalue weighted by Gasteiger charge is -2.09. The molecule has 2 amide bonds. The van der Waals surface area contributed by atoms with Crippen LogP contribution in [0.5, 0.6) is 0 Å². The van der Waals surface area contributed by atoms with Gasteiger partial charge >= 0.3 is 0 Å². The zero-order valence-electron chi connectivity index (χ0n) is 15.5. The number of carbonyl (C=O) groups excluding carboxylic acids is 2. The number of halogens is 3. The van der Waals surface area contributed by atoms with Gasteiger partial charge in [0.2, 0.25) is 0 Å². The second-order valence-electron chi connectivity index (χ2n) is 6.34. The molecule has 0 radical (unpaired) electrons. The number of benzene rings is 2. The van der Waals surface area contributed by atoms with Gasteiger partial charge in [-0.15, -0.1) is 0 Å². The summed E-state index contributed by atoms with van der Waals surface area (Å²) in [4.78, 5) is 28.7. The van der Waals surface area contributed by atoms with Crippen molar-refractivity contribution in [1.82, 2.24) is 4.98 Å². The van der Waals surface area contributed by atoms with Gasteiger partial charge in [0.05, 0.1) is 5.69 Å². The molecule has 2 aromatic carbocycles. The van der Waals surface area contributed by atoms with E-state index in [2.05, 4.69) is 15.6 Å². The van der Waals surface area contributed by atoms with E-state index in [9.17, 15) is 22.8 Å². The monoisotopic (exact) mass is 399 g/mol. The minimum absolute atomic E-state index is 0.0402. The van der Waals surface area contributed by atoms with Crippen molar-refractivity contribution in [2.45, 2.75) is 13.8 Å². The summed E-state index contributed by atoms with van der Waals surface area (Å²) in [7, 11) is 0. The van der Waals surface area contributed by atoms with Crippen LogP contribution in [0.3, 0.4) is 0 Å². The molecular weight excluding hydrogens is 383 g/mol. The number of rotatable bonds is 4. The minimum atomic E-state index is -1.70. The fraction of sp³-hybridized carbons (Fsp3) is 0.0952. The van der Waals surface area contributed by atoms with Crippen molar-refractivity contribution in [3.05, 3.63) is 88.5 Å².